The first-order valence-corrected chi connectivity index (χ1v) is 10.6. The summed E-state index contributed by atoms with van der Waals surface area (Å²) in [5, 5.41) is 12.2. The molecule has 0 fully saturated rings. The van der Waals surface area contributed by atoms with Crippen LogP contribution in [0.2, 0.25) is 0 Å². The third-order valence-corrected chi connectivity index (χ3v) is 5.84. The molecule has 0 spiro atoms. The number of aliphatic hydroxyl groups is 1. The van der Waals surface area contributed by atoms with E-state index in [4.69, 9.17) is 5.73 Å². The van der Waals surface area contributed by atoms with E-state index >= 15 is 0 Å². The zero-order valence-electron chi connectivity index (χ0n) is 16.9. The molecule has 0 aliphatic rings. The van der Waals surface area contributed by atoms with Crippen molar-refractivity contribution in [3.8, 4) is 0 Å². The molecule has 0 saturated carbocycles. The van der Waals surface area contributed by atoms with E-state index in [0.29, 0.717) is 35.7 Å². The molecular formula is C21H22N6O3S. The maximum Gasteiger partial charge on any atom is 0.258 e. The summed E-state index contributed by atoms with van der Waals surface area (Å²) in [5.74, 6) is -0.145. The Morgan fingerprint density at radius 3 is 2.84 bits per heavy atom. The average molecular weight is 439 g/mol. The lowest BCUT2D eigenvalue weighted by molar-refractivity contribution is -0.117. The van der Waals surface area contributed by atoms with Gasteiger partial charge in [-0.05, 0) is 42.8 Å². The topological polar surface area (TPSA) is 126 Å². The number of fused-ring (bicyclic) bond motifs is 2. The molecule has 2 amide bonds. The van der Waals surface area contributed by atoms with E-state index in [0.717, 1.165) is 15.7 Å². The molecule has 0 unspecified atom stereocenters. The van der Waals surface area contributed by atoms with Crippen LogP contribution in [-0.2, 0) is 11.3 Å². The van der Waals surface area contributed by atoms with Crippen molar-refractivity contribution in [1.29, 1.82) is 0 Å². The van der Waals surface area contributed by atoms with E-state index in [1.165, 1.54) is 16.2 Å². The largest absolute Gasteiger partial charge is 0.396 e. The van der Waals surface area contributed by atoms with Gasteiger partial charge in [-0.15, -0.1) is 11.3 Å². The highest BCUT2D eigenvalue weighted by Gasteiger charge is 2.17. The van der Waals surface area contributed by atoms with Gasteiger partial charge < -0.3 is 20.3 Å². The lowest BCUT2D eigenvalue weighted by Gasteiger charge is -2.16. The Bertz CT molecular complexity index is 1260. The molecule has 0 aliphatic carbocycles. The first-order chi connectivity index (χ1) is 15.0. The predicted molar refractivity (Wildman–Crippen MR) is 121 cm³/mol. The molecule has 2 heterocycles. The highest BCUT2D eigenvalue weighted by molar-refractivity contribution is 7.16. The van der Waals surface area contributed by atoms with Gasteiger partial charge in [0.25, 0.3) is 5.91 Å². The van der Waals surface area contributed by atoms with E-state index in [1.807, 2.05) is 16.7 Å². The number of likely N-dealkylation sites (N-methyl/N-ethyl adjacent to an activating group) is 1. The smallest absolute Gasteiger partial charge is 0.258 e. The minimum Gasteiger partial charge on any atom is -0.396 e. The first kappa shape index (κ1) is 20.9. The number of imidazole rings is 1. The third-order valence-electron chi connectivity index (χ3n) is 5.03. The molecule has 4 N–H and O–H groups in total. The summed E-state index contributed by atoms with van der Waals surface area (Å²) in [7, 11) is 1.65. The van der Waals surface area contributed by atoms with Crippen LogP contribution in [0, 0.1) is 0 Å². The second-order valence-electron chi connectivity index (χ2n) is 6.98. The molecule has 4 rings (SSSR count). The van der Waals surface area contributed by atoms with Gasteiger partial charge in [0.15, 0.2) is 0 Å². The number of amides is 2. The van der Waals surface area contributed by atoms with Crippen molar-refractivity contribution in [2.45, 2.75) is 13.0 Å². The number of aromatic nitrogens is 3. The number of aryl methyl sites for hydroxylation is 1. The van der Waals surface area contributed by atoms with Gasteiger partial charge in [0.2, 0.25) is 11.9 Å². The SMILES string of the molecule is CN(C(=O)CN)c1ccc2c(c1)nc(NC(=O)c1ccc3scnc3c1)n2CCCO. The van der Waals surface area contributed by atoms with Gasteiger partial charge in [0.1, 0.15) is 0 Å². The summed E-state index contributed by atoms with van der Waals surface area (Å²) in [6.45, 7) is 0.397. The molecule has 160 valence electrons. The normalized spacial score (nSPS) is 11.2. The number of nitrogens with one attached hydrogen (secondary N) is 1. The Balaban J connectivity index is 1.68. The van der Waals surface area contributed by atoms with Gasteiger partial charge >= 0.3 is 0 Å². The van der Waals surface area contributed by atoms with Crippen LogP contribution in [0.5, 0.6) is 0 Å². The number of nitrogens with two attached hydrogens (primary N) is 1. The van der Waals surface area contributed by atoms with Crippen molar-refractivity contribution in [1.82, 2.24) is 14.5 Å². The molecule has 2 aromatic heterocycles. The standard InChI is InChI=1S/C21H22N6O3S/c1-26(19(29)11-22)14-4-5-17-15(10-14)24-21(27(17)7-2-8-28)25-20(30)13-3-6-18-16(9-13)23-12-31-18/h3-6,9-10,12,28H,2,7-8,11,22H2,1H3,(H,24,25,30). The van der Waals surface area contributed by atoms with Crippen LogP contribution in [0.15, 0.2) is 41.9 Å². The lowest BCUT2D eigenvalue weighted by Crippen LogP contribution is -2.32. The number of rotatable bonds is 7. The summed E-state index contributed by atoms with van der Waals surface area (Å²) in [4.78, 5) is 35.1. The minimum absolute atomic E-state index is 0.0133. The molecule has 0 radical (unpaired) electrons. The summed E-state index contributed by atoms with van der Waals surface area (Å²) in [6.07, 6.45) is 0.506. The number of anilines is 2. The van der Waals surface area contributed by atoms with Gasteiger partial charge in [-0.1, -0.05) is 0 Å². The summed E-state index contributed by atoms with van der Waals surface area (Å²) >= 11 is 1.51. The van der Waals surface area contributed by atoms with Crippen LogP contribution in [0.3, 0.4) is 0 Å². The molecule has 0 bridgehead atoms. The van der Waals surface area contributed by atoms with E-state index in [2.05, 4.69) is 15.3 Å². The average Bonchev–Trinajstić information content (AvgIpc) is 3.39. The molecule has 31 heavy (non-hydrogen) atoms. The van der Waals surface area contributed by atoms with Gasteiger partial charge in [-0.3, -0.25) is 14.9 Å². The lowest BCUT2D eigenvalue weighted by atomic mass is 10.2. The summed E-state index contributed by atoms with van der Waals surface area (Å²) in [5.41, 5.74) is 10.5. The van der Waals surface area contributed by atoms with E-state index in [9.17, 15) is 14.7 Å². The fourth-order valence-corrected chi connectivity index (χ4v) is 3.99. The maximum atomic E-state index is 12.9. The molecule has 0 atom stereocenters. The number of thiazole rings is 1. The van der Waals surface area contributed by atoms with Gasteiger partial charge in [0, 0.05) is 31.5 Å². The van der Waals surface area contributed by atoms with Crippen molar-refractivity contribution in [2.24, 2.45) is 5.73 Å². The Morgan fingerprint density at radius 1 is 1.23 bits per heavy atom. The first-order valence-electron chi connectivity index (χ1n) is 9.74. The Labute approximate surface area is 182 Å². The van der Waals surface area contributed by atoms with E-state index in [1.54, 1.807) is 36.8 Å². The minimum atomic E-state index is -0.300. The zero-order valence-corrected chi connectivity index (χ0v) is 17.7. The van der Waals surface area contributed by atoms with E-state index in [-0.39, 0.29) is 25.0 Å². The number of carbonyl (C=O) groups is 2. The molecule has 4 aromatic rings. The van der Waals surface area contributed by atoms with Crippen LogP contribution in [-0.4, -0.2) is 51.7 Å². The van der Waals surface area contributed by atoms with Crippen molar-refractivity contribution < 1.29 is 14.7 Å². The number of carbonyl (C=O) groups excluding carboxylic acids is 2. The molecule has 0 saturated heterocycles. The van der Waals surface area contributed by atoms with Crippen molar-refractivity contribution >= 4 is 56.0 Å². The number of aliphatic hydroxyl groups excluding tert-OH is 1. The van der Waals surface area contributed by atoms with E-state index < -0.39 is 0 Å². The van der Waals surface area contributed by atoms with Crippen LogP contribution in [0.4, 0.5) is 11.6 Å². The molecule has 9 nitrogen and oxygen atoms in total. The fraction of sp³-hybridized carbons (Fsp3) is 0.238. The molecule has 0 aliphatic heterocycles. The van der Waals surface area contributed by atoms with Crippen LogP contribution >= 0.6 is 11.3 Å². The Morgan fingerprint density at radius 2 is 2.06 bits per heavy atom. The highest BCUT2D eigenvalue weighted by atomic mass is 32.1. The Kier molecular flexibility index (Phi) is 5.94. The molecule has 10 heteroatoms. The number of nitrogens with zero attached hydrogens (tertiary/aromatic N) is 4. The summed E-state index contributed by atoms with van der Waals surface area (Å²) < 4.78 is 2.86. The van der Waals surface area contributed by atoms with Gasteiger partial charge in [-0.2, -0.15) is 0 Å². The maximum absolute atomic E-state index is 12.9. The number of hydrogen-bond acceptors (Lipinski definition) is 7. The number of hydrogen-bond donors (Lipinski definition) is 3. The quantitative estimate of drug-likeness (QED) is 0.406. The van der Waals surface area contributed by atoms with Crippen LogP contribution < -0.4 is 16.0 Å². The summed E-state index contributed by atoms with van der Waals surface area (Å²) in [6, 6.07) is 10.8. The van der Waals surface area contributed by atoms with Crippen molar-refractivity contribution in [3.63, 3.8) is 0 Å². The fourth-order valence-electron chi connectivity index (χ4n) is 3.33. The van der Waals surface area contributed by atoms with Crippen molar-refractivity contribution in [2.75, 3.05) is 30.4 Å². The Hall–Kier alpha value is -3.34. The molecular weight excluding hydrogens is 416 g/mol. The predicted octanol–water partition coefficient (Wildman–Crippen LogP) is 2.20. The van der Waals surface area contributed by atoms with Gasteiger partial charge in [-0.25, -0.2) is 9.97 Å². The highest BCUT2D eigenvalue weighted by Crippen LogP contribution is 2.26. The number of benzene rings is 2. The second-order valence-corrected chi connectivity index (χ2v) is 7.87. The second kappa shape index (κ2) is 8.80. The monoisotopic (exact) mass is 438 g/mol. The van der Waals surface area contributed by atoms with Crippen LogP contribution in [0.1, 0.15) is 16.8 Å². The van der Waals surface area contributed by atoms with Crippen LogP contribution in [0.25, 0.3) is 21.3 Å². The van der Waals surface area contributed by atoms with Crippen molar-refractivity contribution in [3.05, 3.63) is 47.5 Å². The molecule has 2 aromatic carbocycles. The van der Waals surface area contributed by atoms with Gasteiger partial charge in [0.05, 0.1) is 33.3 Å². The third kappa shape index (κ3) is 4.13. The zero-order chi connectivity index (χ0) is 22.0.